The average Bonchev–Trinajstić information content (AvgIpc) is 2.80. The number of fused-ring (bicyclic) bond motifs is 1. The third-order valence-electron chi connectivity index (χ3n) is 3.45. The van der Waals surface area contributed by atoms with E-state index in [1.807, 2.05) is 38.2 Å². The highest BCUT2D eigenvalue weighted by atomic mass is 35.5. The van der Waals surface area contributed by atoms with Crippen LogP contribution in [-0.4, -0.2) is 24.5 Å². The van der Waals surface area contributed by atoms with Gasteiger partial charge < -0.3 is 15.6 Å². The van der Waals surface area contributed by atoms with Gasteiger partial charge in [-0.05, 0) is 31.5 Å². The molecule has 0 saturated heterocycles. The van der Waals surface area contributed by atoms with Crippen LogP contribution in [-0.2, 0) is 11.3 Å². The maximum atomic E-state index is 11.7. The number of aromatic amines is 1. The number of amides is 1. The van der Waals surface area contributed by atoms with Crippen molar-refractivity contribution in [1.82, 2.24) is 15.6 Å². The van der Waals surface area contributed by atoms with Crippen LogP contribution in [0.2, 0.25) is 5.02 Å². The summed E-state index contributed by atoms with van der Waals surface area (Å²) in [6.45, 7) is 5.18. The Balaban J connectivity index is 2.02. The molecule has 0 fully saturated rings. The van der Waals surface area contributed by atoms with Crippen LogP contribution < -0.4 is 10.6 Å². The normalized spacial score (nSPS) is 11.8. The molecule has 1 amide bonds. The third kappa shape index (κ3) is 3.14. The molecule has 0 bridgehead atoms. The van der Waals surface area contributed by atoms with E-state index >= 15 is 0 Å². The van der Waals surface area contributed by atoms with Gasteiger partial charge in [0, 0.05) is 42.3 Å². The van der Waals surface area contributed by atoms with Gasteiger partial charge in [0.1, 0.15) is 0 Å². The molecule has 4 nitrogen and oxygen atoms in total. The second-order valence-electron chi connectivity index (χ2n) is 5.57. The minimum atomic E-state index is -0.426. The molecule has 108 valence electrons. The van der Waals surface area contributed by atoms with Crippen molar-refractivity contribution >= 4 is 28.4 Å². The number of aromatic nitrogens is 1. The first-order chi connectivity index (χ1) is 9.44. The van der Waals surface area contributed by atoms with E-state index in [0.29, 0.717) is 13.1 Å². The fourth-order valence-electron chi connectivity index (χ4n) is 2.23. The Kier molecular flexibility index (Phi) is 4.35. The minimum Gasteiger partial charge on any atom is -0.361 e. The lowest BCUT2D eigenvalue weighted by molar-refractivity contribution is -0.128. The third-order valence-corrected chi connectivity index (χ3v) is 3.69. The lowest BCUT2D eigenvalue weighted by Gasteiger charge is -2.22. The predicted octanol–water partition coefficient (Wildman–Crippen LogP) is 2.68. The van der Waals surface area contributed by atoms with Gasteiger partial charge in [-0.2, -0.15) is 0 Å². The van der Waals surface area contributed by atoms with Crippen molar-refractivity contribution in [3.63, 3.8) is 0 Å². The van der Waals surface area contributed by atoms with Crippen LogP contribution in [0.5, 0.6) is 0 Å². The summed E-state index contributed by atoms with van der Waals surface area (Å²) in [5, 5.41) is 7.90. The van der Waals surface area contributed by atoms with Gasteiger partial charge in [0.05, 0.1) is 5.41 Å². The Hall–Kier alpha value is -1.52. The number of hydrogen-bond acceptors (Lipinski definition) is 2. The van der Waals surface area contributed by atoms with Crippen LogP contribution in [0.1, 0.15) is 19.4 Å². The van der Waals surface area contributed by atoms with E-state index in [0.717, 1.165) is 15.9 Å². The Morgan fingerprint density at radius 3 is 2.85 bits per heavy atom. The van der Waals surface area contributed by atoms with E-state index in [2.05, 4.69) is 15.6 Å². The summed E-state index contributed by atoms with van der Waals surface area (Å²) in [6, 6.07) is 5.81. The number of rotatable bonds is 5. The molecule has 2 rings (SSSR count). The van der Waals surface area contributed by atoms with E-state index in [-0.39, 0.29) is 5.91 Å². The molecule has 0 radical (unpaired) electrons. The van der Waals surface area contributed by atoms with Crippen LogP contribution in [0.15, 0.2) is 24.4 Å². The smallest absolute Gasteiger partial charge is 0.226 e. The zero-order valence-corrected chi connectivity index (χ0v) is 12.8. The maximum Gasteiger partial charge on any atom is 0.226 e. The SMILES string of the molecule is CNC(=O)C(C)(C)CNCc1c[nH]c2cc(Cl)ccc12. The molecular formula is C15H20ClN3O. The highest BCUT2D eigenvalue weighted by Crippen LogP contribution is 2.22. The van der Waals surface area contributed by atoms with Crippen molar-refractivity contribution in [2.24, 2.45) is 5.41 Å². The van der Waals surface area contributed by atoms with Gasteiger partial charge in [-0.1, -0.05) is 17.7 Å². The first-order valence-corrected chi connectivity index (χ1v) is 7.00. The predicted molar refractivity (Wildman–Crippen MR) is 82.9 cm³/mol. The second kappa shape index (κ2) is 5.85. The fourth-order valence-corrected chi connectivity index (χ4v) is 2.41. The van der Waals surface area contributed by atoms with Gasteiger partial charge in [0.15, 0.2) is 0 Å². The van der Waals surface area contributed by atoms with Gasteiger partial charge in [0.2, 0.25) is 5.91 Å². The molecule has 0 unspecified atom stereocenters. The highest BCUT2D eigenvalue weighted by Gasteiger charge is 2.25. The van der Waals surface area contributed by atoms with Gasteiger partial charge in [-0.3, -0.25) is 4.79 Å². The Morgan fingerprint density at radius 2 is 2.15 bits per heavy atom. The molecule has 0 aliphatic heterocycles. The lowest BCUT2D eigenvalue weighted by Crippen LogP contribution is -2.41. The van der Waals surface area contributed by atoms with Crippen molar-refractivity contribution < 1.29 is 4.79 Å². The van der Waals surface area contributed by atoms with Crippen molar-refractivity contribution in [2.45, 2.75) is 20.4 Å². The van der Waals surface area contributed by atoms with Gasteiger partial charge in [0.25, 0.3) is 0 Å². The number of carbonyl (C=O) groups is 1. The molecular weight excluding hydrogens is 274 g/mol. The number of H-pyrrole nitrogens is 1. The standard InChI is InChI=1S/C15H20ClN3O/c1-15(2,14(20)17-3)9-18-7-10-8-19-13-6-11(16)4-5-12(10)13/h4-6,8,18-19H,7,9H2,1-3H3,(H,17,20). The molecule has 5 heteroatoms. The van der Waals surface area contributed by atoms with E-state index in [9.17, 15) is 4.79 Å². The lowest BCUT2D eigenvalue weighted by atomic mass is 9.92. The Labute approximate surface area is 123 Å². The van der Waals surface area contributed by atoms with Crippen LogP contribution in [0.3, 0.4) is 0 Å². The molecule has 0 spiro atoms. The summed E-state index contributed by atoms with van der Waals surface area (Å²) < 4.78 is 0. The van der Waals surface area contributed by atoms with Crippen LogP contribution in [0, 0.1) is 5.41 Å². The number of carbonyl (C=O) groups excluding carboxylic acids is 1. The number of nitrogens with one attached hydrogen (secondary N) is 3. The van der Waals surface area contributed by atoms with Crippen LogP contribution >= 0.6 is 11.6 Å². The summed E-state index contributed by atoms with van der Waals surface area (Å²) in [7, 11) is 1.66. The molecule has 2 aromatic rings. The first kappa shape index (κ1) is 14.9. The van der Waals surface area contributed by atoms with Crippen LogP contribution in [0.4, 0.5) is 0 Å². The zero-order chi connectivity index (χ0) is 14.8. The van der Waals surface area contributed by atoms with Crippen molar-refractivity contribution in [3.8, 4) is 0 Å². The summed E-state index contributed by atoms with van der Waals surface area (Å²) in [5.41, 5.74) is 1.77. The summed E-state index contributed by atoms with van der Waals surface area (Å²) >= 11 is 5.96. The molecule has 0 aliphatic rings. The minimum absolute atomic E-state index is 0.0377. The van der Waals surface area contributed by atoms with E-state index in [1.54, 1.807) is 7.05 Å². The summed E-state index contributed by atoms with van der Waals surface area (Å²) in [4.78, 5) is 14.9. The van der Waals surface area contributed by atoms with Crippen LogP contribution in [0.25, 0.3) is 10.9 Å². The van der Waals surface area contributed by atoms with Gasteiger partial charge in [-0.15, -0.1) is 0 Å². The highest BCUT2D eigenvalue weighted by molar-refractivity contribution is 6.31. The molecule has 0 aliphatic carbocycles. The first-order valence-electron chi connectivity index (χ1n) is 6.62. The second-order valence-corrected chi connectivity index (χ2v) is 6.01. The van der Waals surface area contributed by atoms with Gasteiger partial charge in [-0.25, -0.2) is 0 Å². The van der Waals surface area contributed by atoms with Crippen molar-refractivity contribution in [3.05, 3.63) is 35.0 Å². The summed E-state index contributed by atoms with van der Waals surface area (Å²) in [5.74, 6) is 0.0377. The molecule has 1 aromatic heterocycles. The quantitative estimate of drug-likeness (QED) is 0.794. The molecule has 3 N–H and O–H groups in total. The maximum absolute atomic E-state index is 11.7. The van der Waals surface area contributed by atoms with Crippen molar-refractivity contribution in [2.75, 3.05) is 13.6 Å². The topological polar surface area (TPSA) is 56.9 Å². The molecule has 20 heavy (non-hydrogen) atoms. The Morgan fingerprint density at radius 1 is 1.40 bits per heavy atom. The molecule has 1 aromatic carbocycles. The number of hydrogen-bond donors (Lipinski definition) is 3. The fraction of sp³-hybridized carbons (Fsp3) is 0.400. The van der Waals surface area contributed by atoms with E-state index in [1.165, 1.54) is 5.56 Å². The molecule has 1 heterocycles. The number of halogens is 1. The molecule has 0 saturated carbocycles. The molecule has 0 atom stereocenters. The summed E-state index contributed by atoms with van der Waals surface area (Å²) in [6.07, 6.45) is 1.97. The average molecular weight is 294 g/mol. The monoisotopic (exact) mass is 293 g/mol. The van der Waals surface area contributed by atoms with Gasteiger partial charge >= 0.3 is 0 Å². The van der Waals surface area contributed by atoms with E-state index < -0.39 is 5.41 Å². The number of benzene rings is 1. The zero-order valence-electron chi connectivity index (χ0n) is 12.0. The Bertz CT molecular complexity index is 619. The largest absolute Gasteiger partial charge is 0.361 e. The van der Waals surface area contributed by atoms with E-state index in [4.69, 9.17) is 11.6 Å². The van der Waals surface area contributed by atoms with Crippen molar-refractivity contribution in [1.29, 1.82) is 0 Å².